The predicted octanol–water partition coefficient (Wildman–Crippen LogP) is 4.02. The van der Waals surface area contributed by atoms with Gasteiger partial charge in [-0.15, -0.1) is 0 Å². The van der Waals surface area contributed by atoms with Crippen molar-refractivity contribution >= 4 is 0 Å². The van der Waals surface area contributed by atoms with Gasteiger partial charge in [0.25, 0.3) is 0 Å². The minimum absolute atomic E-state index is 0.898. The molecule has 1 rings (SSSR count). The third kappa shape index (κ3) is 3.60. The molecule has 0 spiro atoms. The molecule has 0 saturated heterocycles. The molecule has 0 aromatic carbocycles. The van der Waals surface area contributed by atoms with Crippen LogP contribution in [0, 0.1) is 11.8 Å². The van der Waals surface area contributed by atoms with E-state index in [1.165, 1.54) is 19.3 Å². The maximum Gasteiger partial charge on any atom is -0.0230 e. The summed E-state index contributed by atoms with van der Waals surface area (Å²) < 4.78 is 0. The average molecular weight is 154 g/mol. The Balaban J connectivity index is 0.000000461. The van der Waals surface area contributed by atoms with Crippen LogP contribution in [0.5, 0.6) is 0 Å². The van der Waals surface area contributed by atoms with Crippen LogP contribution < -0.4 is 0 Å². The summed E-state index contributed by atoms with van der Waals surface area (Å²) in [7, 11) is 0. The lowest BCUT2D eigenvalue weighted by atomic mass is 10.00. The lowest BCUT2D eigenvalue weighted by Gasteiger charge is -2.05. The molecule has 11 heavy (non-hydrogen) atoms. The highest BCUT2D eigenvalue weighted by atomic mass is 14.2. The van der Waals surface area contributed by atoms with Gasteiger partial charge >= 0.3 is 0 Å². The number of hydrogen-bond donors (Lipinski definition) is 0. The van der Waals surface area contributed by atoms with E-state index in [0.717, 1.165) is 11.8 Å². The van der Waals surface area contributed by atoms with Crippen molar-refractivity contribution in [2.75, 3.05) is 0 Å². The molecule has 0 aromatic heterocycles. The maximum atomic E-state index is 2.38. The quantitative estimate of drug-likeness (QED) is 0.527. The van der Waals surface area contributed by atoms with Crippen molar-refractivity contribution in [1.82, 2.24) is 0 Å². The van der Waals surface area contributed by atoms with E-state index in [9.17, 15) is 0 Å². The molecular formula is C11H22. The Morgan fingerprint density at radius 1 is 1.00 bits per heavy atom. The molecule has 2 unspecified atom stereocenters. The molecule has 66 valence electrons. The van der Waals surface area contributed by atoms with Gasteiger partial charge in [-0.25, -0.2) is 0 Å². The molecule has 0 fully saturated rings. The van der Waals surface area contributed by atoms with Gasteiger partial charge in [-0.3, -0.25) is 0 Å². The normalized spacial score (nSPS) is 28.0. The van der Waals surface area contributed by atoms with E-state index in [1.54, 1.807) is 0 Å². The number of hydrogen-bond acceptors (Lipinski definition) is 0. The largest absolute Gasteiger partial charge is 0.0851 e. The fourth-order valence-electron chi connectivity index (χ4n) is 1.47. The Kier molecular flexibility index (Phi) is 6.30. The van der Waals surface area contributed by atoms with Crippen molar-refractivity contribution in [3.05, 3.63) is 12.2 Å². The van der Waals surface area contributed by atoms with Gasteiger partial charge in [0.05, 0.1) is 0 Å². The Hall–Kier alpha value is -0.260. The van der Waals surface area contributed by atoms with E-state index >= 15 is 0 Å². The van der Waals surface area contributed by atoms with Crippen molar-refractivity contribution in [1.29, 1.82) is 0 Å². The summed E-state index contributed by atoms with van der Waals surface area (Å²) in [5.41, 5.74) is 0. The lowest BCUT2D eigenvalue weighted by molar-refractivity contribution is 0.501. The molecule has 0 aliphatic heterocycles. The first-order valence-electron chi connectivity index (χ1n) is 5.05. The summed E-state index contributed by atoms with van der Waals surface area (Å²) in [5.74, 6) is 1.80. The second-order valence-electron chi connectivity index (χ2n) is 2.96. The Bertz CT molecular complexity index is 90.6. The fraction of sp³-hybridized carbons (Fsp3) is 0.818. The molecular weight excluding hydrogens is 132 g/mol. The minimum atomic E-state index is 0.898. The molecule has 0 N–H and O–H groups in total. The van der Waals surface area contributed by atoms with E-state index in [2.05, 4.69) is 26.0 Å². The van der Waals surface area contributed by atoms with Crippen molar-refractivity contribution < 1.29 is 0 Å². The van der Waals surface area contributed by atoms with Gasteiger partial charge < -0.3 is 0 Å². The van der Waals surface area contributed by atoms with Crippen LogP contribution >= 0.6 is 0 Å². The molecule has 0 bridgehead atoms. The molecule has 2 atom stereocenters. The zero-order valence-electron chi connectivity index (χ0n) is 8.43. The van der Waals surface area contributed by atoms with E-state index < -0.39 is 0 Å². The van der Waals surface area contributed by atoms with Crippen molar-refractivity contribution in [3.8, 4) is 0 Å². The standard InChI is InChI=1S/C9H16.C2H6/c1-3-8-5-6-9(4-2)7-8;1-2/h5-6,8-9H,3-4,7H2,1-2H3;1-2H3. The first-order valence-corrected chi connectivity index (χ1v) is 5.05. The van der Waals surface area contributed by atoms with Gasteiger partial charge in [0.2, 0.25) is 0 Å². The molecule has 0 nitrogen and oxygen atoms in total. The van der Waals surface area contributed by atoms with Crippen LogP contribution in [0.15, 0.2) is 12.2 Å². The molecule has 0 aromatic rings. The predicted molar refractivity (Wildman–Crippen MR) is 52.7 cm³/mol. The number of allylic oxidation sites excluding steroid dienone is 2. The highest BCUT2D eigenvalue weighted by Crippen LogP contribution is 2.27. The summed E-state index contributed by atoms with van der Waals surface area (Å²) in [6, 6.07) is 0. The Morgan fingerprint density at radius 3 is 1.55 bits per heavy atom. The molecule has 0 amide bonds. The molecule has 0 heterocycles. The Labute approximate surface area is 71.7 Å². The minimum Gasteiger partial charge on any atom is -0.0851 e. The van der Waals surface area contributed by atoms with Crippen LogP contribution in [0.3, 0.4) is 0 Å². The zero-order chi connectivity index (χ0) is 8.69. The summed E-state index contributed by atoms with van der Waals surface area (Å²) >= 11 is 0. The summed E-state index contributed by atoms with van der Waals surface area (Å²) in [6.07, 6.45) is 8.83. The van der Waals surface area contributed by atoms with Gasteiger partial charge in [-0.05, 0) is 31.1 Å². The van der Waals surface area contributed by atoms with E-state index in [1.807, 2.05) is 13.8 Å². The third-order valence-electron chi connectivity index (χ3n) is 2.31. The maximum absolute atomic E-state index is 2.38. The van der Waals surface area contributed by atoms with E-state index in [0.29, 0.717) is 0 Å². The second kappa shape index (κ2) is 6.45. The SMILES string of the molecule is CC.CCC1C=CC(CC)C1. The van der Waals surface area contributed by atoms with Gasteiger partial charge in [0, 0.05) is 0 Å². The lowest BCUT2D eigenvalue weighted by Crippen LogP contribution is -1.94. The zero-order valence-corrected chi connectivity index (χ0v) is 8.43. The van der Waals surface area contributed by atoms with Crippen LogP contribution in [-0.2, 0) is 0 Å². The monoisotopic (exact) mass is 154 g/mol. The first-order chi connectivity index (χ1) is 5.36. The summed E-state index contributed by atoms with van der Waals surface area (Å²) in [5, 5.41) is 0. The topological polar surface area (TPSA) is 0 Å². The third-order valence-corrected chi connectivity index (χ3v) is 2.31. The van der Waals surface area contributed by atoms with Crippen molar-refractivity contribution in [2.24, 2.45) is 11.8 Å². The highest BCUT2D eigenvalue weighted by Gasteiger charge is 2.14. The molecule has 1 aliphatic rings. The van der Waals surface area contributed by atoms with Crippen LogP contribution in [0.4, 0.5) is 0 Å². The second-order valence-corrected chi connectivity index (χ2v) is 2.96. The van der Waals surface area contributed by atoms with Gasteiger partial charge in [-0.1, -0.05) is 39.8 Å². The number of rotatable bonds is 2. The van der Waals surface area contributed by atoms with Gasteiger partial charge in [-0.2, -0.15) is 0 Å². The van der Waals surface area contributed by atoms with E-state index in [4.69, 9.17) is 0 Å². The molecule has 1 aliphatic carbocycles. The van der Waals surface area contributed by atoms with Gasteiger partial charge in [0.15, 0.2) is 0 Å². The average Bonchev–Trinajstić information content (AvgIpc) is 2.55. The van der Waals surface area contributed by atoms with Crippen molar-refractivity contribution in [3.63, 3.8) is 0 Å². The van der Waals surface area contributed by atoms with Crippen LogP contribution in [-0.4, -0.2) is 0 Å². The van der Waals surface area contributed by atoms with E-state index in [-0.39, 0.29) is 0 Å². The van der Waals surface area contributed by atoms with Crippen LogP contribution in [0.25, 0.3) is 0 Å². The van der Waals surface area contributed by atoms with Crippen LogP contribution in [0.1, 0.15) is 47.0 Å². The molecule has 0 saturated carbocycles. The molecule has 0 heteroatoms. The fourth-order valence-corrected chi connectivity index (χ4v) is 1.47. The Morgan fingerprint density at radius 2 is 1.36 bits per heavy atom. The smallest absolute Gasteiger partial charge is 0.0230 e. The van der Waals surface area contributed by atoms with Crippen LogP contribution in [0.2, 0.25) is 0 Å². The highest BCUT2D eigenvalue weighted by molar-refractivity contribution is 5.00. The first kappa shape index (κ1) is 10.7. The summed E-state index contributed by atoms with van der Waals surface area (Å²) in [6.45, 7) is 8.54. The summed E-state index contributed by atoms with van der Waals surface area (Å²) in [4.78, 5) is 0. The molecule has 0 radical (unpaired) electrons. The van der Waals surface area contributed by atoms with Crippen molar-refractivity contribution in [2.45, 2.75) is 47.0 Å². The van der Waals surface area contributed by atoms with Gasteiger partial charge in [0.1, 0.15) is 0 Å².